The third-order valence-corrected chi connectivity index (χ3v) is 2.59. The minimum atomic E-state index is 0.611. The van der Waals surface area contributed by atoms with E-state index in [1.807, 2.05) is 0 Å². The Labute approximate surface area is 69.3 Å². The lowest BCUT2D eigenvalue weighted by atomic mass is 10.1. The highest BCUT2D eigenvalue weighted by Gasteiger charge is 2.44. The molecule has 2 nitrogen and oxygen atoms in total. The molecule has 0 saturated heterocycles. The summed E-state index contributed by atoms with van der Waals surface area (Å²) in [5, 5.41) is 3.38. The second-order valence-corrected chi connectivity index (χ2v) is 4.09. The van der Waals surface area contributed by atoms with E-state index in [-0.39, 0.29) is 0 Å². The zero-order chi connectivity index (χ0) is 8.32. The van der Waals surface area contributed by atoms with Crippen molar-refractivity contribution in [2.24, 2.45) is 11.3 Å². The van der Waals surface area contributed by atoms with Gasteiger partial charge in [-0.3, -0.25) is 0 Å². The SMILES string of the molecule is COCCNCC1CC1(C)C. The lowest BCUT2D eigenvalue weighted by Gasteiger charge is -2.04. The van der Waals surface area contributed by atoms with E-state index in [4.69, 9.17) is 4.74 Å². The number of hydrogen-bond acceptors (Lipinski definition) is 2. The molecule has 2 heteroatoms. The Kier molecular flexibility index (Phi) is 2.90. The van der Waals surface area contributed by atoms with Gasteiger partial charge in [-0.05, 0) is 24.3 Å². The Morgan fingerprint density at radius 1 is 1.55 bits per heavy atom. The summed E-state index contributed by atoms with van der Waals surface area (Å²) in [6.45, 7) is 7.64. The van der Waals surface area contributed by atoms with Crippen molar-refractivity contribution in [1.82, 2.24) is 5.32 Å². The number of methoxy groups -OCH3 is 1. The molecule has 0 bridgehead atoms. The van der Waals surface area contributed by atoms with E-state index in [0.29, 0.717) is 5.41 Å². The van der Waals surface area contributed by atoms with Crippen LogP contribution in [-0.4, -0.2) is 26.8 Å². The third kappa shape index (κ3) is 2.80. The summed E-state index contributed by atoms with van der Waals surface area (Å²) in [6.07, 6.45) is 1.38. The minimum absolute atomic E-state index is 0.611. The van der Waals surface area contributed by atoms with Crippen molar-refractivity contribution in [2.45, 2.75) is 20.3 Å². The van der Waals surface area contributed by atoms with Crippen LogP contribution in [-0.2, 0) is 4.74 Å². The van der Waals surface area contributed by atoms with Gasteiger partial charge in [-0.1, -0.05) is 13.8 Å². The fourth-order valence-corrected chi connectivity index (χ4v) is 1.38. The molecule has 1 N–H and O–H groups in total. The average molecular weight is 157 g/mol. The molecule has 1 saturated carbocycles. The highest BCUT2D eigenvalue weighted by molar-refractivity contribution is 4.95. The summed E-state index contributed by atoms with van der Waals surface area (Å²) in [5.41, 5.74) is 0.611. The second-order valence-electron chi connectivity index (χ2n) is 4.09. The standard InChI is InChI=1S/C9H19NO/c1-9(2)6-8(9)7-10-4-5-11-3/h8,10H,4-7H2,1-3H3. The summed E-state index contributed by atoms with van der Waals surface area (Å²) in [7, 11) is 1.74. The van der Waals surface area contributed by atoms with Gasteiger partial charge in [0.25, 0.3) is 0 Å². The van der Waals surface area contributed by atoms with Crippen molar-refractivity contribution < 1.29 is 4.74 Å². The predicted molar refractivity (Wildman–Crippen MR) is 46.6 cm³/mol. The Balaban J connectivity index is 1.90. The molecule has 1 fully saturated rings. The van der Waals surface area contributed by atoms with Crippen molar-refractivity contribution in [1.29, 1.82) is 0 Å². The van der Waals surface area contributed by atoms with Crippen LogP contribution < -0.4 is 5.32 Å². The fraction of sp³-hybridized carbons (Fsp3) is 1.00. The highest BCUT2D eigenvalue weighted by atomic mass is 16.5. The van der Waals surface area contributed by atoms with Crippen LogP contribution in [0.3, 0.4) is 0 Å². The molecule has 0 radical (unpaired) electrons. The molecule has 0 heterocycles. The number of ether oxygens (including phenoxy) is 1. The van der Waals surface area contributed by atoms with Gasteiger partial charge < -0.3 is 10.1 Å². The van der Waals surface area contributed by atoms with E-state index in [0.717, 1.165) is 25.6 Å². The van der Waals surface area contributed by atoms with E-state index in [1.165, 1.54) is 6.42 Å². The topological polar surface area (TPSA) is 21.3 Å². The van der Waals surface area contributed by atoms with Crippen LogP contribution >= 0.6 is 0 Å². The Morgan fingerprint density at radius 2 is 2.18 bits per heavy atom. The van der Waals surface area contributed by atoms with Crippen molar-refractivity contribution in [3.63, 3.8) is 0 Å². The molecule has 1 rings (SSSR count). The van der Waals surface area contributed by atoms with Gasteiger partial charge >= 0.3 is 0 Å². The molecule has 0 aromatic carbocycles. The van der Waals surface area contributed by atoms with Crippen molar-refractivity contribution in [2.75, 3.05) is 26.8 Å². The number of nitrogens with one attached hydrogen (secondary N) is 1. The van der Waals surface area contributed by atoms with Gasteiger partial charge in [0.15, 0.2) is 0 Å². The van der Waals surface area contributed by atoms with Gasteiger partial charge in [0, 0.05) is 13.7 Å². The first-order valence-electron chi connectivity index (χ1n) is 4.36. The zero-order valence-electron chi connectivity index (χ0n) is 7.81. The zero-order valence-corrected chi connectivity index (χ0v) is 7.81. The van der Waals surface area contributed by atoms with Crippen LogP contribution in [0.1, 0.15) is 20.3 Å². The van der Waals surface area contributed by atoms with E-state index in [2.05, 4.69) is 19.2 Å². The van der Waals surface area contributed by atoms with E-state index >= 15 is 0 Å². The number of rotatable bonds is 5. The second kappa shape index (κ2) is 3.55. The maximum atomic E-state index is 4.93. The monoisotopic (exact) mass is 157 g/mol. The average Bonchev–Trinajstić information content (AvgIpc) is 2.52. The molecule has 0 aliphatic heterocycles. The van der Waals surface area contributed by atoms with E-state index in [9.17, 15) is 0 Å². The van der Waals surface area contributed by atoms with Crippen molar-refractivity contribution in [3.8, 4) is 0 Å². The van der Waals surface area contributed by atoms with Gasteiger partial charge in [0.05, 0.1) is 6.61 Å². The van der Waals surface area contributed by atoms with E-state index in [1.54, 1.807) is 7.11 Å². The Bertz CT molecular complexity index is 123. The van der Waals surface area contributed by atoms with Crippen LogP contribution in [0, 0.1) is 11.3 Å². The molecule has 0 spiro atoms. The molecule has 1 atom stereocenters. The van der Waals surface area contributed by atoms with Gasteiger partial charge in [0.2, 0.25) is 0 Å². The number of hydrogen-bond donors (Lipinski definition) is 1. The first kappa shape index (κ1) is 9.01. The third-order valence-electron chi connectivity index (χ3n) is 2.59. The maximum Gasteiger partial charge on any atom is 0.0587 e. The summed E-state index contributed by atoms with van der Waals surface area (Å²) in [4.78, 5) is 0. The van der Waals surface area contributed by atoms with Crippen molar-refractivity contribution >= 4 is 0 Å². The smallest absolute Gasteiger partial charge is 0.0587 e. The molecule has 1 aliphatic rings. The van der Waals surface area contributed by atoms with Crippen LogP contribution in [0.2, 0.25) is 0 Å². The molecular formula is C9H19NO. The van der Waals surface area contributed by atoms with Crippen molar-refractivity contribution in [3.05, 3.63) is 0 Å². The van der Waals surface area contributed by atoms with Crippen LogP contribution in [0.25, 0.3) is 0 Å². The molecule has 0 aromatic rings. The molecule has 11 heavy (non-hydrogen) atoms. The molecule has 66 valence electrons. The van der Waals surface area contributed by atoms with Gasteiger partial charge in [-0.2, -0.15) is 0 Å². The quantitative estimate of drug-likeness (QED) is 0.607. The first-order valence-corrected chi connectivity index (χ1v) is 4.36. The van der Waals surface area contributed by atoms with Crippen LogP contribution in [0.4, 0.5) is 0 Å². The van der Waals surface area contributed by atoms with Gasteiger partial charge in [0.1, 0.15) is 0 Å². The lowest BCUT2D eigenvalue weighted by molar-refractivity contribution is 0.198. The minimum Gasteiger partial charge on any atom is -0.383 e. The summed E-state index contributed by atoms with van der Waals surface area (Å²) < 4.78 is 4.93. The molecular weight excluding hydrogens is 138 g/mol. The summed E-state index contributed by atoms with van der Waals surface area (Å²) >= 11 is 0. The van der Waals surface area contributed by atoms with Crippen LogP contribution in [0.15, 0.2) is 0 Å². The maximum absolute atomic E-state index is 4.93. The molecule has 0 amide bonds. The Morgan fingerprint density at radius 3 is 2.64 bits per heavy atom. The fourth-order valence-electron chi connectivity index (χ4n) is 1.38. The highest BCUT2D eigenvalue weighted by Crippen LogP contribution is 2.50. The first-order chi connectivity index (χ1) is 5.17. The van der Waals surface area contributed by atoms with Crippen LogP contribution in [0.5, 0.6) is 0 Å². The summed E-state index contributed by atoms with van der Waals surface area (Å²) in [5.74, 6) is 0.902. The summed E-state index contributed by atoms with van der Waals surface area (Å²) in [6, 6.07) is 0. The predicted octanol–water partition coefficient (Wildman–Crippen LogP) is 1.27. The van der Waals surface area contributed by atoms with Gasteiger partial charge in [-0.15, -0.1) is 0 Å². The van der Waals surface area contributed by atoms with Gasteiger partial charge in [-0.25, -0.2) is 0 Å². The molecule has 1 aliphatic carbocycles. The van der Waals surface area contributed by atoms with E-state index < -0.39 is 0 Å². The normalized spacial score (nSPS) is 27.0. The Hall–Kier alpha value is -0.0800. The largest absolute Gasteiger partial charge is 0.383 e. The lowest BCUT2D eigenvalue weighted by Crippen LogP contribution is -2.22. The molecule has 0 aromatic heterocycles. The molecule has 1 unspecified atom stereocenters.